The van der Waals surface area contributed by atoms with Crippen LogP contribution in [0.4, 0.5) is 0 Å². The molecule has 0 heterocycles. The van der Waals surface area contributed by atoms with Crippen LogP contribution in [-0.2, 0) is 0 Å². The van der Waals surface area contributed by atoms with Crippen LogP contribution in [0.2, 0.25) is 0 Å². The first-order valence-corrected chi connectivity index (χ1v) is 5.18. The molecule has 0 aliphatic heterocycles. The Morgan fingerprint density at radius 1 is 1.07 bits per heavy atom. The van der Waals surface area contributed by atoms with Gasteiger partial charge in [0.25, 0.3) is 0 Å². The van der Waals surface area contributed by atoms with E-state index in [1.165, 1.54) is 16.3 Å². The lowest BCUT2D eigenvalue weighted by Crippen LogP contribution is -2.20. The molecule has 2 nitrogen and oxygen atoms in total. The second-order valence-electron chi connectivity index (χ2n) is 3.86. The van der Waals surface area contributed by atoms with E-state index >= 15 is 0 Å². The zero-order valence-corrected chi connectivity index (χ0v) is 8.90. The van der Waals surface area contributed by atoms with E-state index in [4.69, 9.17) is 11.5 Å². The number of hydrogen-bond donors (Lipinski definition) is 2. The van der Waals surface area contributed by atoms with Crippen molar-refractivity contribution < 1.29 is 0 Å². The van der Waals surface area contributed by atoms with Crippen molar-refractivity contribution in [1.29, 1.82) is 0 Å². The SMILES string of the molecule is Cc1ccc(C(N)CN)c2ccccc12. The summed E-state index contributed by atoms with van der Waals surface area (Å²) in [6.07, 6.45) is 0. The Bertz CT molecular complexity index is 477. The van der Waals surface area contributed by atoms with E-state index in [9.17, 15) is 0 Å². The number of benzene rings is 2. The molecule has 0 aliphatic rings. The largest absolute Gasteiger partial charge is 0.329 e. The monoisotopic (exact) mass is 200 g/mol. The van der Waals surface area contributed by atoms with Crippen LogP contribution in [0.1, 0.15) is 17.2 Å². The molecule has 0 saturated carbocycles. The summed E-state index contributed by atoms with van der Waals surface area (Å²) in [6, 6.07) is 12.4. The molecule has 2 heteroatoms. The average Bonchev–Trinajstić information content (AvgIpc) is 2.29. The third-order valence-corrected chi connectivity index (χ3v) is 2.83. The fourth-order valence-corrected chi connectivity index (χ4v) is 1.92. The third-order valence-electron chi connectivity index (χ3n) is 2.83. The number of aryl methyl sites for hydroxylation is 1. The molecule has 0 amide bonds. The quantitative estimate of drug-likeness (QED) is 0.780. The molecular formula is C13H16N2. The maximum absolute atomic E-state index is 5.99. The van der Waals surface area contributed by atoms with Gasteiger partial charge in [-0.3, -0.25) is 0 Å². The van der Waals surface area contributed by atoms with Crippen molar-refractivity contribution in [3.05, 3.63) is 47.5 Å². The molecule has 2 aromatic rings. The van der Waals surface area contributed by atoms with Crippen LogP contribution in [0, 0.1) is 6.92 Å². The lowest BCUT2D eigenvalue weighted by atomic mass is 9.96. The lowest BCUT2D eigenvalue weighted by molar-refractivity contribution is 0.743. The van der Waals surface area contributed by atoms with E-state index < -0.39 is 0 Å². The van der Waals surface area contributed by atoms with Crippen LogP contribution in [0.15, 0.2) is 36.4 Å². The van der Waals surface area contributed by atoms with E-state index in [-0.39, 0.29) is 6.04 Å². The molecule has 2 aromatic carbocycles. The van der Waals surface area contributed by atoms with Gasteiger partial charge in [-0.2, -0.15) is 0 Å². The van der Waals surface area contributed by atoms with Gasteiger partial charge in [0.1, 0.15) is 0 Å². The van der Waals surface area contributed by atoms with Gasteiger partial charge < -0.3 is 11.5 Å². The van der Waals surface area contributed by atoms with Crippen LogP contribution in [0.3, 0.4) is 0 Å². The molecule has 4 N–H and O–H groups in total. The highest BCUT2D eigenvalue weighted by Gasteiger charge is 2.08. The van der Waals surface area contributed by atoms with E-state index in [2.05, 4.69) is 31.2 Å². The van der Waals surface area contributed by atoms with Crippen LogP contribution in [0.5, 0.6) is 0 Å². The van der Waals surface area contributed by atoms with Crippen molar-refractivity contribution in [3.63, 3.8) is 0 Å². The Balaban J connectivity index is 2.71. The van der Waals surface area contributed by atoms with Crippen molar-refractivity contribution in [3.8, 4) is 0 Å². The second-order valence-corrected chi connectivity index (χ2v) is 3.86. The molecule has 0 aliphatic carbocycles. The van der Waals surface area contributed by atoms with Crippen LogP contribution < -0.4 is 11.5 Å². The van der Waals surface area contributed by atoms with Crippen LogP contribution in [-0.4, -0.2) is 6.54 Å². The summed E-state index contributed by atoms with van der Waals surface area (Å²) in [5.74, 6) is 0. The molecule has 0 fully saturated rings. The first kappa shape index (κ1) is 10.1. The average molecular weight is 200 g/mol. The Morgan fingerprint density at radius 2 is 1.73 bits per heavy atom. The molecule has 0 spiro atoms. The van der Waals surface area contributed by atoms with Crippen molar-refractivity contribution in [1.82, 2.24) is 0 Å². The normalized spacial score (nSPS) is 13.0. The number of nitrogens with two attached hydrogens (primary N) is 2. The van der Waals surface area contributed by atoms with Gasteiger partial charge >= 0.3 is 0 Å². The summed E-state index contributed by atoms with van der Waals surface area (Å²) >= 11 is 0. The molecule has 1 unspecified atom stereocenters. The molecular weight excluding hydrogens is 184 g/mol. The van der Waals surface area contributed by atoms with Gasteiger partial charge in [-0.05, 0) is 28.8 Å². The maximum Gasteiger partial charge on any atom is 0.0425 e. The van der Waals surface area contributed by atoms with Gasteiger partial charge in [0.15, 0.2) is 0 Å². The second kappa shape index (κ2) is 4.01. The van der Waals surface area contributed by atoms with Gasteiger partial charge in [-0.15, -0.1) is 0 Å². The van der Waals surface area contributed by atoms with Crippen molar-refractivity contribution in [2.75, 3.05) is 6.54 Å². The molecule has 2 rings (SSSR count). The van der Waals surface area contributed by atoms with Crippen molar-refractivity contribution in [2.24, 2.45) is 11.5 Å². The molecule has 0 aromatic heterocycles. The standard InChI is InChI=1S/C13H16N2/c1-9-6-7-12(13(15)8-14)11-5-3-2-4-10(9)11/h2-7,13H,8,14-15H2,1H3. The van der Waals surface area contributed by atoms with Gasteiger partial charge in [-0.25, -0.2) is 0 Å². The fraction of sp³-hybridized carbons (Fsp3) is 0.231. The van der Waals surface area contributed by atoms with Gasteiger partial charge in [0.05, 0.1) is 0 Å². The Hall–Kier alpha value is -1.38. The van der Waals surface area contributed by atoms with E-state index in [0.717, 1.165) is 5.56 Å². The lowest BCUT2D eigenvalue weighted by Gasteiger charge is -2.13. The molecule has 0 bridgehead atoms. The summed E-state index contributed by atoms with van der Waals surface area (Å²) in [4.78, 5) is 0. The highest BCUT2D eigenvalue weighted by Crippen LogP contribution is 2.25. The Morgan fingerprint density at radius 3 is 2.40 bits per heavy atom. The molecule has 1 atom stereocenters. The first-order valence-electron chi connectivity index (χ1n) is 5.18. The van der Waals surface area contributed by atoms with Crippen LogP contribution in [0.25, 0.3) is 10.8 Å². The smallest absolute Gasteiger partial charge is 0.0425 e. The van der Waals surface area contributed by atoms with Gasteiger partial charge in [0, 0.05) is 12.6 Å². The summed E-state index contributed by atoms with van der Waals surface area (Å²) < 4.78 is 0. The first-order chi connectivity index (χ1) is 7.24. The van der Waals surface area contributed by atoms with Crippen molar-refractivity contribution in [2.45, 2.75) is 13.0 Å². The maximum atomic E-state index is 5.99. The van der Waals surface area contributed by atoms with E-state index in [1.807, 2.05) is 12.1 Å². The molecule has 0 radical (unpaired) electrons. The van der Waals surface area contributed by atoms with Gasteiger partial charge in [0.2, 0.25) is 0 Å². The minimum Gasteiger partial charge on any atom is -0.329 e. The Kier molecular flexibility index (Phi) is 2.71. The highest BCUT2D eigenvalue weighted by atomic mass is 14.7. The zero-order chi connectivity index (χ0) is 10.8. The minimum atomic E-state index is -0.0736. The summed E-state index contributed by atoms with van der Waals surface area (Å²) in [5, 5.41) is 2.48. The van der Waals surface area contributed by atoms with Crippen LogP contribution >= 0.6 is 0 Å². The predicted molar refractivity (Wildman–Crippen MR) is 64.7 cm³/mol. The summed E-state index contributed by atoms with van der Waals surface area (Å²) in [5.41, 5.74) is 14.0. The zero-order valence-electron chi connectivity index (χ0n) is 8.90. The van der Waals surface area contributed by atoms with E-state index in [0.29, 0.717) is 6.54 Å². The fourth-order valence-electron chi connectivity index (χ4n) is 1.92. The topological polar surface area (TPSA) is 52.0 Å². The number of fused-ring (bicyclic) bond motifs is 1. The predicted octanol–water partition coefficient (Wildman–Crippen LogP) is 2.11. The van der Waals surface area contributed by atoms with Crippen molar-refractivity contribution >= 4 is 10.8 Å². The number of rotatable bonds is 2. The third kappa shape index (κ3) is 1.74. The number of hydrogen-bond acceptors (Lipinski definition) is 2. The molecule has 15 heavy (non-hydrogen) atoms. The minimum absolute atomic E-state index is 0.0736. The summed E-state index contributed by atoms with van der Waals surface area (Å²) in [6.45, 7) is 2.59. The summed E-state index contributed by atoms with van der Waals surface area (Å²) in [7, 11) is 0. The van der Waals surface area contributed by atoms with Gasteiger partial charge in [-0.1, -0.05) is 36.4 Å². The highest BCUT2D eigenvalue weighted by molar-refractivity contribution is 5.88. The van der Waals surface area contributed by atoms with E-state index in [1.54, 1.807) is 0 Å². The molecule has 0 saturated heterocycles. The Labute approximate surface area is 89.9 Å². The molecule has 78 valence electrons.